The third-order valence-electron chi connectivity index (χ3n) is 4.64. The van der Waals surface area contributed by atoms with Gasteiger partial charge in [0.15, 0.2) is 0 Å². The largest absolute Gasteiger partial charge is 0.335 e. The van der Waals surface area contributed by atoms with Crippen LogP contribution in [0.1, 0.15) is 19.8 Å². The highest BCUT2D eigenvalue weighted by Gasteiger charge is 2.20. The van der Waals surface area contributed by atoms with Crippen molar-refractivity contribution in [1.82, 2.24) is 4.57 Å². The van der Waals surface area contributed by atoms with Gasteiger partial charge in [0, 0.05) is 18.0 Å². The second kappa shape index (κ2) is 5.13. The number of hydrogen-bond acceptors (Lipinski definition) is 0. The first kappa shape index (κ1) is 13.3. The Morgan fingerprint density at radius 2 is 1.73 bits per heavy atom. The van der Waals surface area contributed by atoms with E-state index in [0.717, 1.165) is 6.54 Å². The smallest absolute Gasteiger partial charge is 0.238 e. The molecule has 2 heteroatoms. The van der Waals surface area contributed by atoms with Crippen LogP contribution in [-0.2, 0) is 13.6 Å². The quantitative estimate of drug-likeness (QED) is 0.488. The molecule has 0 aliphatic rings. The summed E-state index contributed by atoms with van der Waals surface area (Å²) in [6.45, 7) is 3.34. The minimum Gasteiger partial charge on any atom is -0.335 e. The summed E-state index contributed by atoms with van der Waals surface area (Å²) in [6, 6.07) is 19.8. The molecule has 0 unspecified atom stereocenters. The number of hydrogen-bond donors (Lipinski definition) is 0. The lowest BCUT2D eigenvalue weighted by atomic mass is 10.1. The molecule has 4 aromatic rings. The van der Waals surface area contributed by atoms with Crippen LogP contribution in [-0.4, -0.2) is 4.57 Å². The van der Waals surface area contributed by atoms with Gasteiger partial charge in [0.05, 0.1) is 10.9 Å². The van der Waals surface area contributed by atoms with Crippen molar-refractivity contribution >= 4 is 32.8 Å². The van der Waals surface area contributed by atoms with Crippen molar-refractivity contribution in [3.05, 3.63) is 54.6 Å². The minimum absolute atomic E-state index is 1.08. The molecule has 110 valence electrons. The number of nitrogens with zero attached hydrogens (tertiary/aromatic N) is 2. The topological polar surface area (TPSA) is 8.81 Å². The van der Waals surface area contributed by atoms with Gasteiger partial charge in [-0.3, -0.25) is 0 Å². The molecule has 0 atom stereocenters. The molecular formula is C20H21N2+. The van der Waals surface area contributed by atoms with Crippen LogP contribution in [0.5, 0.6) is 0 Å². The van der Waals surface area contributed by atoms with Crippen LogP contribution in [0.4, 0.5) is 0 Å². The van der Waals surface area contributed by atoms with Crippen molar-refractivity contribution in [3.63, 3.8) is 0 Å². The Hall–Kier alpha value is -2.35. The van der Waals surface area contributed by atoms with Gasteiger partial charge in [0.1, 0.15) is 12.6 Å². The highest BCUT2D eigenvalue weighted by Crippen LogP contribution is 2.29. The van der Waals surface area contributed by atoms with Crippen LogP contribution in [0.3, 0.4) is 0 Å². The van der Waals surface area contributed by atoms with Gasteiger partial charge in [-0.1, -0.05) is 37.6 Å². The highest BCUT2D eigenvalue weighted by atomic mass is 15.0. The summed E-state index contributed by atoms with van der Waals surface area (Å²) in [6.07, 6.45) is 2.43. The standard InChI is InChI=1S/C20H21N2/c1-3-4-13-22-18-12-8-6-10-16(18)20-19(22)14-15-9-5-7-11-17(15)21(20)2/h5-12,14H,3-4,13H2,1-2H3/q+1. The molecule has 22 heavy (non-hydrogen) atoms. The molecule has 0 saturated heterocycles. The van der Waals surface area contributed by atoms with Gasteiger partial charge in [-0.05, 0) is 30.7 Å². The number of pyridine rings is 1. The summed E-state index contributed by atoms with van der Waals surface area (Å²) in [5.41, 5.74) is 5.31. The van der Waals surface area contributed by atoms with Crippen LogP contribution in [0.2, 0.25) is 0 Å². The average Bonchev–Trinajstić information content (AvgIpc) is 2.87. The van der Waals surface area contributed by atoms with Gasteiger partial charge in [-0.15, -0.1) is 0 Å². The van der Waals surface area contributed by atoms with E-state index in [9.17, 15) is 0 Å². The minimum atomic E-state index is 1.08. The lowest BCUT2D eigenvalue weighted by Crippen LogP contribution is -2.29. The lowest BCUT2D eigenvalue weighted by molar-refractivity contribution is -0.616. The number of aryl methyl sites for hydroxylation is 2. The van der Waals surface area contributed by atoms with Crippen molar-refractivity contribution < 1.29 is 4.57 Å². The Morgan fingerprint density at radius 3 is 2.59 bits per heavy atom. The number of rotatable bonds is 3. The van der Waals surface area contributed by atoms with Gasteiger partial charge in [-0.2, -0.15) is 4.57 Å². The van der Waals surface area contributed by atoms with Crippen LogP contribution in [0.25, 0.3) is 32.8 Å². The first-order valence-electron chi connectivity index (χ1n) is 8.10. The van der Waals surface area contributed by atoms with Crippen molar-refractivity contribution in [1.29, 1.82) is 0 Å². The van der Waals surface area contributed by atoms with E-state index in [1.54, 1.807) is 0 Å². The molecule has 4 rings (SSSR count). The van der Waals surface area contributed by atoms with Gasteiger partial charge in [0.2, 0.25) is 11.0 Å². The van der Waals surface area contributed by atoms with Crippen molar-refractivity contribution in [2.75, 3.05) is 0 Å². The number of aromatic nitrogens is 2. The summed E-state index contributed by atoms with van der Waals surface area (Å²) >= 11 is 0. The maximum atomic E-state index is 2.49. The van der Waals surface area contributed by atoms with E-state index in [2.05, 4.69) is 77.7 Å². The summed E-state index contributed by atoms with van der Waals surface area (Å²) in [4.78, 5) is 0. The molecule has 0 saturated carbocycles. The second-order valence-electron chi connectivity index (χ2n) is 6.02. The third kappa shape index (κ3) is 1.83. The van der Waals surface area contributed by atoms with E-state index in [-0.39, 0.29) is 0 Å². The highest BCUT2D eigenvalue weighted by molar-refractivity contribution is 6.06. The van der Waals surface area contributed by atoms with E-state index >= 15 is 0 Å². The Bertz CT molecular complexity index is 979. The number of unbranched alkanes of at least 4 members (excludes halogenated alkanes) is 1. The molecule has 2 nitrogen and oxygen atoms in total. The van der Waals surface area contributed by atoms with E-state index < -0.39 is 0 Å². The molecule has 2 aromatic heterocycles. The fraction of sp³-hybridized carbons (Fsp3) is 0.250. The van der Waals surface area contributed by atoms with Crippen LogP contribution in [0, 0.1) is 0 Å². The summed E-state index contributed by atoms with van der Waals surface area (Å²) in [5, 5.41) is 2.65. The van der Waals surface area contributed by atoms with Gasteiger partial charge >= 0.3 is 0 Å². The predicted molar refractivity (Wildman–Crippen MR) is 93.0 cm³/mol. The molecule has 0 amide bonds. The Kier molecular flexibility index (Phi) is 3.11. The Balaban J connectivity index is 2.19. The Morgan fingerprint density at radius 1 is 0.955 bits per heavy atom. The maximum absolute atomic E-state index is 2.49. The van der Waals surface area contributed by atoms with Crippen LogP contribution < -0.4 is 4.57 Å². The number of fused-ring (bicyclic) bond motifs is 4. The first-order chi connectivity index (χ1) is 10.8. The van der Waals surface area contributed by atoms with Crippen molar-refractivity contribution in [3.8, 4) is 0 Å². The molecule has 0 spiro atoms. The molecule has 2 heterocycles. The fourth-order valence-electron chi connectivity index (χ4n) is 3.54. The lowest BCUT2D eigenvalue weighted by Gasteiger charge is -2.06. The monoisotopic (exact) mass is 289 g/mol. The van der Waals surface area contributed by atoms with E-state index in [1.165, 1.54) is 45.7 Å². The van der Waals surface area contributed by atoms with Crippen molar-refractivity contribution in [2.24, 2.45) is 7.05 Å². The SMILES string of the molecule is CCCCn1c2ccccc2c2c1cc1ccccc1[n+]2C. The zero-order chi connectivity index (χ0) is 15.1. The third-order valence-corrected chi connectivity index (χ3v) is 4.64. The first-order valence-corrected chi connectivity index (χ1v) is 8.10. The van der Waals surface area contributed by atoms with Gasteiger partial charge < -0.3 is 4.57 Å². The normalized spacial score (nSPS) is 11.7. The Labute approximate surface area is 130 Å². The van der Waals surface area contributed by atoms with Gasteiger partial charge in [-0.25, -0.2) is 0 Å². The predicted octanol–water partition coefficient (Wildman–Crippen LogP) is 4.57. The molecule has 2 aromatic carbocycles. The summed E-state index contributed by atoms with van der Waals surface area (Å²) in [7, 11) is 2.18. The summed E-state index contributed by atoms with van der Waals surface area (Å²) in [5.74, 6) is 0. The van der Waals surface area contributed by atoms with E-state index in [4.69, 9.17) is 0 Å². The molecular weight excluding hydrogens is 268 g/mol. The maximum Gasteiger partial charge on any atom is 0.238 e. The fourth-order valence-corrected chi connectivity index (χ4v) is 3.54. The molecule has 0 bridgehead atoms. The van der Waals surface area contributed by atoms with Gasteiger partial charge in [0.25, 0.3) is 0 Å². The molecule has 0 aliphatic heterocycles. The number of benzene rings is 2. The molecule has 0 N–H and O–H groups in total. The van der Waals surface area contributed by atoms with E-state index in [1.807, 2.05) is 0 Å². The average molecular weight is 289 g/mol. The van der Waals surface area contributed by atoms with Crippen LogP contribution in [0.15, 0.2) is 54.6 Å². The molecule has 0 aliphatic carbocycles. The molecule has 0 fully saturated rings. The second-order valence-corrected chi connectivity index (χ2v) is 6.02. The van der Waals surface area contributed by atoms with Crippen LogP contribution >= 0.6 is 0 Å². The van der Waals surface area contributed by atoms with E-state index in [0.29, 0.717) is 0 Å². The zero-order valence-corrected chi connectivity index (χ0v) is 13.2. The van der Waals surface area contributed by atoms with Crippen molar-refractivity contribution in [2.45, 2.75) is 26.3 Å². The number of para-hydroxylation sites is 2. The zero-order valence-electron chi connectivity index (χ0n) is 13.2. The molecule has 0 radical (unpaired) electrons. The summed E-state index contributed by atoms with van der Waals surface area (Å²) < 4.78 is 4.83.